The van der Waals surface area contributed by atoms with E-state index in [9.17, 15) is 14.4 Å². The first-order chi connectivity index (χ1) is 37.0. The minimum absolute atomic E-state index is 0.106. The van der Waals surface area contributed by atoms with Gasteiger partial charge in [0.1, 0.15) is 13.2 Å². The van der Waals surface area contributed by atoms with Crippen LogP contribution in [0, 0.1) is 0 Å². The van der Waals surface area contributed by atoms with E-state index in [2.05, 4.69) is 124 Å². The molecule has 0 aromatic heterocycles. The molecule has 0 rings (SSSR count). The molecule has 0 saturated heterocycles. The zero-order chi connectivity index (χ0) is 54.3. The van der Waals surface area contributed by atoms with E-state index in [1.54, 1.807) is 0 Å². The van der Waals surface area contributed by atoms with Gasteiger partial charge in [0, 0.05) is 19.3 Å². The highest BCUT2D eigenvalue weighted by molar-refractivity contribution is 5.71. The summed E-state index contributed by atoms with van der Waals surface area (Å²) in [5, 5.41) is 0. The Morgan fingerprint density at radius 3 is 0.920 bits per heavy atom. The molecule has 0 radical (unpaired) electrons. The van der Waals surface area contributed by atoms with Gasteiger partial charge in [0.2, 0.25) is 0 Å². The summed E-state index contributed by atoms with van der Waals surface area (Å²) in [6.45, 7) is 6.45. The Bertz CT molecular complexity index is 1520. The van der Waals surface area contributed by atoms with Crippen LogP contribution >= 0.6 is 0 Å². The third kappa shape index (κ3) is 60.8. The van der Waals surface area contributed by atoms with Gasteiger partial charge in [-0.25, -0.2) is 0 Å². The highest BCUT2D eigenvalue weighted by Gasteiger charge is 2.19. The second-order valence-electron chi connectivity index (χ2n) is 20.6. The molecular weight excluding hydrogens is 925 g/mol. The minimum Gasteiger partial charge on any atom is -0.462 e. The van der Waals surface area contributed by atoms with E-state index in [-0.39, 0.29) is 37.5 Å². The summed E-state index contributed by atoms with van der Waals surface area (Å²) in [6, 6.07) is 0. The molecule has 0 aliphatic rings. The van der Waals surface area contributed by atoms with E-state index in [1.165, 1.54) is 141 Å². The molecular formula is C69H116O6. The molecule has 6 heteroatoms. The predicted octanol–water partition coefficient (Wildman–Crippen LogP) is 21.4. The lowest BCUT2D eigenvalue weighted by Crippen LogP contribution is -2.30. The molecule has 0 amide bonds. The number of ether oxygens (including phenoxy) is 3. The van der Waals surface area contributed by atoms with Crippen molar-refractivity contribution in [2.45, 2.75) is 297 Å². The van der Waals surface area contributed by atoms with Crippen LogP contribution in [0.4, 0.5) is 0 Å². The fraction of sp³-hybridized carbons (Fsp3) is 0.696. The molecule has 0 bridgehead atoms. The molecule has 1 atom stereocenters. The van der Waals surface area contributed by atoms with Crippen LogP contribution in [0.25, 0.3) is 0 Å². The smallest absolute Gasteiger partial charge is 0.306 e. The fourth-order valence-electron chi connectivity index (χ4n) is 8.59. The summed E-state index contributed by atoms with van der Waals surface area (Å²) in [5.74, 6) is -0.998. The first-order valence-corrected chi connectivity index (χ1v) is 31.4. The van der Waals surface area contributed by atoms with Gasteiger partial charge in [-0.1, -0.05) is 284 Å². The summed E-state index contributed by atoms with van der Waals surface area (Å²) in [6.07, 6.45) is 85.3. The van der Waals surface area contributed by atoms with Crippen molar-refractivity contribution in [2.24, 2.45) is 0 Å². The van der Waals surface area contributed by atoms with Gasteiger partial charge in [-0.15, -0.1) is 0 Å². The Hall–Kier alpha value is -3.93. The predicted molar refractivity (Wildman–Crippen MR) is 325 cm³/mol. The second kappa shape index (κ2) is 62.6. The van der Waals surface area contributed by atoms with Crippen molar-refractivity contribution in [3.05, 3.63) is 109 Å². The summed E-state index contributed by atoms with van der Waals surface area (Å²) in [5.41, 5.74) is 0. The molecule has 75 heavy (non-hydrogen) atoms. The Morgan fingerprint density at radius 2 is 0.547 bits per heavy atom. The number of hydrogen-bond acceptors (Lipinski definition) is 6. The average Bonchev–Trinajstić information content (AvgIpc) is 3.41. The number of unbranched alkanes of at least 4 members (excludes halogenated alkanes) is 27. The maximum Gasteiger partial charge on any atom is 0.306 e. The topological polar surface area (TPSA) is 78.9 Å². The van der Waals surface area contributed by atoms with E-state index >= 15 is 0 Å². The number of carbonyl (C=O) groups excluding carboxylic acids is 3. The Kier molecular flexibility index (Phi) is 59.3. The summed E-state index contributed by atoms with van der Waals surface area (Å²) in [7, 11) is 0. The van der Waals surface area contributed by atoms with Crippen LogP contribution < -0.4 is 0 Å². The van der Waals surface area contributed by atoms with Crippen molar-refractivity contribution in [1.29, 1.82) is 0 Å². The van der Waals surface area contributed by atoms with Gasteiger partial charge in [0.25, 0.3) is 0 Å². The molecule has 6 nitrogen and oxygen atoms in total. The summed E-state index contributed by atoms with van der Waals surface area (Å²) < 4.78 is 16.8. The van der Waals surface area contributed by atoms with Crippen LogP contribution in [-0.4, -0.2) is 37.2 Å². The Morgan fingerprint density at radius 1 is 0.280 bits per heavy atom. The van der Waals surface area contributed by atoms with Crippen molar-refractivity contribution in [3.8, 4) is 0 Å². The number of carbonyl (C=O) groups is 3. The van der Waals surface area contributed by atoms with Crippen LogP contribution in [0.15, 0.2) is 109 Å². The van der Waals surface area contributed by atoms with E-state index in [0.717, 1.165) is 103 Å². The lowest BCUT2D eigenvalue weighted by atomic mass is 10.0. The number of esters is 3. The minimum atomic E-state index is -0.818. The summed E-state index contributed by atoms with van der Waals surface area (Å²) >= 11 is 0. The maximum atomic E-state index is 12.9. The van der Waals surface area contributed by atoms with E-state index in [0.29, 0.717) is 19.3 Å². The van der Waals surface area contributed by atoms with Crippen molar-refractivity contribution < 1.29 is 28.6 Å². The van der Waals surface area contributed by atoms with Crippen LogP contribution in [-0.2, 0) is 28.6 Å². The average molecular weight is 1040 g/mol. The monoisotopic (exact) mass is 1040 g/mol. The molecule has 0 fully saturated rings. The van der Waals surface area contributed by atoms with Crippen molar-refractivity contribution in [2.75, 3.05) is 13.2 Å². The number of rotatable bonds is 56. The summed E-state index contributed by atoms with van der Waals surface area (Å²) in [4.78, 5) is 38.3. The molecule has 0 saturated carbocycles. The van der Waals surface area contributed by atoms with E-state index in [4.69, 9.17) is 14.2 Å². The van der Waals surface area contributed by atoms with E-state index in [1.807, 2.05) is 6.08 Å². The lowest BCUT2D eigenvalue weighted by Gasteiger charge is -2.18. The van der Waals surface area contributed by atoms with Crippen LogP contribution in [0.3, 0.4) is 0 Å². The van der Waals surface area contributed by atoms with Crippen molar-refractivity contribution in [3.63, 3.8) is 0 Å². The molecule has 1 unspecified atom stereocenters. The number of allylic oxidation sites excluding steroid dienone is 18. The molecule has 0 heterocycles. The third-order valence-electron chi connectivity index (χ3n) is 13.3. The SMILES string of the molecule is CC/C=C\C/C=C\C/C=C\C/C=C\C/C=C\C/C=C\CCC(=O)OCC(COC(=O)CCCCCCCCCCCCCCCCCCCCC)OC(=O)CCCCCCCC/C=C\C/C=C\C/C=C\CCCCC. The standard InChI is InChI=1S/C69H116O6/c1-4-7-10-13-16-19-22-25-28-31-34-37-40-43-46-49-52-55-58-61-67(70)73-64-66(75-69(72)63-60-57-54-51-48-45-42-39-36-33-30-27-24-21-18-15-12-9-6-3)65-74-68(71)62-59-56-53-50-47-44-41-38-35-32-29-26-23-20-17-14-11-8-5-2/h7,10,16,18-19,21,25,27-28,30,34,36-37,39,43,46,52,55,66H,4-6,8-9,11-15,17,20,22-24,26,29,31-33,35,38,40-42,44-45,47-51,53-54,56-65H2,1-3H3/b10-7-,19-16-,21-18-,28-25-,30-27-,37-34-,39-36-,46-43-,55-52-. The third-order valence-corrected chi connectivity index (χ3v) is 13.3. The first kappa shape index (κ1) is 71.1. The normalized spacial score (nSPS) is 12.8. The highest BCUT2D eigenvalue weighted by Crippen LogP contribution is 2.16. The van der Waals surface area contributed by atoms with Crippen LogP contribution in [0.1, 0.15) is 290 Å². The first-order valence-electron chi connectivity index (χ1n) is 31.4. The van der Waals surface area contributed by atoms with Gasteiger partial charge < -0.3 is 14.2 Å². The molecule has 0 aliphatic carbocycles. The molecule has 0 aliphatic heterocycles. The lowest BCUT2D eigenvalue weighted by molar-refractivity contribution is -0.166. The van der Waals surface area contributed by atoms with E-state index < -0.39 is 6.10 Å². The molecule has 0 spiro atoms. The number of hydrogen-bond donors (Lipinski definition) is 0. The van der Waals surface area contributed by atoms with Gasteiger partial charge in [-0.3, -0.25) is 14.4 Å². The quantitative estimate of drug-likeness (QED) is 0.0261. The van der Waals surface area contributed by atoms with Crippen LogP contribution in [0.2, 0.25) is 0 Å². The van der Waals surface area contributed by atoms with Gasteiger partial charge in [-0.2, -0.15) is 0 Å². The highest BCUT2D eigenvalue weighted by atomic mass is 16.6. The van der Waals surface area contributed by atoms with Gasteiger partial charge in [0.05, 0.1) is 0 Å². The molecule has 428 valence electrons. The Labute approximate surface area is 463 Å². The van der Waals surface area contributed by atoms with Gasteiger partial charge >= 0.3 is 17.9 Å². The van der Waals surface area contributed by atoms with Gasteiger partial charge in [0.15, 0.2) is 6.10 Å². The second-order valence-corrected chi connectivity index (χ2v) is 20.6. The zero-order valence-electron chi connectivity index (χ0n) is 49.0. The largest absolute Gasteiger partial charge is 0.462 e. The van der Waals surface area contributed by atoms with Crippen LogP contribution in [0.5, 0.6) is 0 Å². The van der Waals surface area contributed by atoms with Crippen molar-refractivity contribution in [1.82, 2.24) is 0 Å². The zero-order valence-corrected chi connectivity index (χ0v) is 49.0. The molecule has 0 aromatic rings. The van der Waals surface area contributed by atoms with Crippen molar-refractivity contribution >= 4 is 17.9 Å². The molecule has 0 aromatic carbocycles. The Balaban J connectivity index is 4.50. The van der Waals surface area contributed by atoms with Gasteiger partial charge in [-0.05, 0) is 96.3 Å². The fourth-order valence-corrected chi connectivity index (χ4v) is 8.59. The molecule has 0 N–H and O–H groups in total. The maximum absolute atomic E-state index is 12.9.